The fourth-order valence-corrected chi connectivity index (χ4v) is 5.40. The molecule has 1 atom stereocenters. The average molecular weight is 450 g/mol. The predicted molar refractivity (Wildman–Crippen MR) is 137 cm³/mol. The molecule has 1 saturated carbocycles. The number of fused-ring (bicyclic) bond motifs is 2. The van der Waals surface area contributed by atoms with Crippen molar-refractivity contribution in [2.45, 2.75) is 25.7 Å². The van der Waals surface area contributed by atoms with Crippen molar-refractivity contribution in [3.05, 3.63) is 90.0 Å². The summed E-state index contributed by atoms with van der Waals surface area (Å²) >= 11 is 0. The zero-order valence-corrected chi connectivity index (χ0v) is 19.1. The summed E-state index contributed by atoms with van der Waals surface area (Å²) in [5, 5.41) is 1.09. The van der Waals surface area contributed by atoms with Crippen LogP contribution in [0.3, 0.4) is 0 Å². The quantitative estimate of drug-likeness (QED) is 0.439. The van der Waals surface area contributed by atoms with E-state index in [2.05, 4.69) is 47.5 Å². The van der Waals surface area contributed by atoms with Gasteiger partial charge in [0.15, 0.2) is 0 Å². The summed E-state index contributed by atoms with van der Waals surface area (Å²) in [6.07, 6.45) is 10.0. The first-order chi connectivity index (χ1) is 16.7. The SMILES string of the molecule is NCC1CCC(C2=C3C=NC=C[N+]3(N)C(c3ccc4ccc(-c5ccccc5)nc4c3)=N2)CC1. The minimum absolute atomic E-state index is 0.0551. The number of nitrogens with two attached hydrogens (primary N) is 2. The molecule has 170 valence electrons. The second-order valence-electron chi connectivity index (χ2n) is 9.48. The van der Waals surface area contributed by atoms with Crippen LogP contribution in [-0.4, -0.2) is 28.2 Å². The lowest BCUT2D eigenvalue weighted by Crippen LogP contribution is -2.53. The van der Waals surface area contributed by atoms with E-state index in [-0.39, 0.29) is 4.59 Å². The van der Waals surface area contributed by atoms with Gasteiger partial charge in [0.05, 0.1) is 29.2 Å². The van der Waals surface area contributed by atoms with Crippen LogP contribution in [0.25, 0.3) is 22.2 Å². The van der Waals surface area contributed by atoms with E-state index in [9.17, 15) is 0 Å². The molecule has 6 nitrogen and oxygen atoms in total. The summed E-state index contributed by atoms with van der Waals surface area (Å²) in [5.41, 5.74) is 11.9. The molecule has 2 aliphatic heterocycles. The van der Waals surface area contributed by atoms with Crippen molar-refractivity contribution < 1.29 is 4.59 Å². The number of nitrogens with zero attached hydrogens (tertiary/aromatic N) is 4. The normalized spacial score (nSPS) is 26.1. The topological polar surface area (TPSA) is 89.6 Å². The highest BCUT2D eigenvalue weighted by atomic mass is 15.6. The number of aromatic nitrogens is 1. The van der Waals surface area contributed by atoms with E-state index in [1.807, 2.05) is 30.6 Å². The van der Waals surface area contributed by atoms with Crippen molar-refractivity contribution in [2.75, 3.05) is 6.54 Å². The molecule has 0 bridgehead atoms. The first-order valence-electron chi connectivity index (χ1n) is 12.0. The minimum Gasteiger partial charge on any atom is -0.330 e. The van der Waals surface area contributed by atoms with Crippen LogP contribution in [0.2, 0.25) is 0 Å². The van der Waals surface area contributed by atoms with Gasteiger partial charge in [-0.25, -0.2) is 4.98 Å². The van der Waals surface area contributed by atoms with Crippen molar-refractivity contribution in [1.82, 2.24) is 4.98 Å². The Morgan fingerprint density at radius 1 is 0.912 bits per heavy atom. The Morgan fingerprint density at radius 3 is 2.50 bits per heavy atom. The highest BCUT2D eigenvalue weighted by Gasteiger charge is 2.46. The second-order valence-corrected chi connectivity index (χ2v) is 9.48. The standard InChI is InChI=1S/C28H29N6/c29-17-19-6-8-22(9-7-19)27-26-18-31-14-15-34(26,30)28(33-27)23-11-10-21-12-13-24(32-25(21)16-23)20-4-2-1-3-5-20/h1-5,10-16,18-19,22H,6-9,17,29-30H2/q+1. The third-order valence-corrected chi connectivity index (χ3v) is 7.41. The van der Waals surface area contributed by atoms with Gasteiger partial charge < -0.3 is 5.73 Å². The number of quaternary nitrogens is 1. The van der Waals surface area contributed by atoms with Gasteiger partial charge >= 0.3 is 0 Å². The van der Waals surface area contributed by atoms with Gasteiger partial charge in [-0.15, -0.1) is 4.59 Å². The summed E-state index contributed by atoms with van der Waals surface area (Å²) in [7, 11) is 0. The molecule has 34 heavy (non-hydrogen) atoms. The van der Waals surface area contributed by atoms with Gasteiger partial charge in [0.2, 0.25) is 5.70 Å². The first kappa shape index (κ1) is 21.1. The van der Waals surface area contributed by atoms with Crippen LogP contribution >= 0.6 is 0 Å². The van der Waals surface area contributed by atoms with Crippen LogP contribution in [0, 0.1) is 11.8 Å². The molecule has 1 aromatic heterocycles. The van der Waals surface area contributed by atoms with Crippen LogP contribution in [0.4, 0.5) is 0 Å². The Bertz CT molecular complexity index is 1360. The van der Waals surface area contributed by atoms with Crippen LogP contribution in [0.15, 0.2) is 94.4 Å². The third-order valence-electron chi connectivity index (χ3n) is 7.41. The molecule has 4 N–H and O–H groups in total. The molecule has 0 saturated heterocycles. The maximum atomic E-state index is 6.99. The van der Waals surface area contributed by atoms with Crippen LogP contribution in [0.1, 0.15) is 31.2 Å². The van der Waals surface area contributed by atoms with Crippen LogP contribution < -0.4 is 11.6 Å². The van der Waals surface area contributed by atoms with Gasteiger partial charge in [-0.2, -0.15) is 10.8 Å². The fourth-order valence-electron chi connectivity index (χ4n) is 5.40. The second kappa shape index (κ2) is 8.40. The van der Waals surface area contributed by atoms with E-state index in [0.29, 0.717) is 11.8 Å². The minimum atomic E-state index is 0.0551. The Morgan fingerprint density at radius 2 is 1.71 bits per heavy atom. The highest BCUT2D eigenvalue weighted by molar-refractivity contribution is 6.02. The summed E-state index contributed by atoms with van der Waals surface area (Å²) in [4.78, 5) is 14.5. The van der Waals surface area contributed by atoms with E-state index in [4.69, 9.17) is 21.6 Å². The van der Waals surface area contributed by atoms with E-state index in [1.165, 1.54) is 0 Å². The molecule has 0 spiro atoms. The lowest BCUT2D eigenvalue weighted by molar-refractivity contribution is -0.750. The summed E-state index contributed by atoms with van der Waals surface area (Å²) < 4.78 is 0.0551. The van der Waals surface area contributed by atoms with E-state index < -0.39 is 0 Å². The molecule has 6 rings (SSSR count). The molecule has 3 aliphatic rings. The number of pyridine rings is 1. The van der Waals surface area contributed by atoms with Crippen molar-refractivity contribution >= 4 is 23.0 Å². The maximum absolute atomic E-state index is 6.99. The molecule has 1 aliphatic carbocycles. The lowest BCUT2D eigenvalue weighted by atomic mass is 9.80. The molecule has 1 unspecified atom stereocenters. The molecule has 0 radical (unpaired) electrons. The number of allylic oxidation sites excluding steroid dienone is 2. The number of hydrogen-bond donors (Lipinski definition) is 2. The molecule has 2 aromatic carbocycles. The number of hydrogen-bond acceptors (Lipinski definition) is 5. The summed E-state index contributed by atoms with van der Waals surface area (Å²) in [6.45, 7) is 0.767. The molecule has 6 heteroatoms. The van der Waals surface area contributed by atoms with E-state index in [0.717, 1.165) is 77.2 Å². The predicted octanol–water partition coefficient (Wildman–Crippen LogP) is 4.88. The zero-order chi connectivity index (χ0) is 23.1. The number of rotatable bonds is 4. The largest absolute Gasteiger partial charge is 0.330 e. The zero-order valence-electron chi connectivity index (χ0n) is 19.1. The van der Waals surface area contributed by atoms with Crippen molar-refractivity contribution in [3.63, 3.8) is 0 Å². The Labute approximate surface area is 199 Å². The van der Waals surface area contributed by atoms with Gasteiger partial charge in [-0.1, -0.05) is 42.5 Å². The highest BCUT2D eigenvalue weighted by Crippen LogP contribution is 2.41. The summed E-state index contributed by atoms with van der Waals surface area (Å²) in [5.74, 6) is 8.81. The van der Waals surface area contributed by atoms with Gasteiger partial charge in [0.1, 0.15) is 11.9 Å². The molecule has 3 aromatic rings. The van der Waals surface area contributed by atoms with Crippen molar-refractivity contribution in [2.24, 2.45) is 33.4 Å². The monoisotopic (exact) mass is 449 g/mol. The van der Waals surface area contributed by atoms with Gasteiger partial charge in [-0.05, 0) is 56.3 Å². The number of benzene rings is 2. The smallest absolute Gasteiger partial charge is 0.264 e. The van der Waals surface area contributed by atoms with Gasteiger partial charge in [-0.3, -0.25) is 4.99 Å². The average Bonchev–Trinajstić information content (AvgIpc) is 3.21. The van der Waals surface area contributed by atoms with Gasteiger partial charge in [0, 0.05) is 16.9 Å². The van der Waals surface area contributed by atoms with E-state index in [1.54, 1.807) is 6.20 Å². The molecule has 0 amide bonds. The van der Waals surface area contributed by atoms with Crippen molar-refractivity contribution in [3.8, 4) is 11.3 Å². The summed E-state index contributed by atoms with van der Waals surface area (Å²) in [6, 6.07) is 20.8. The molecular formula is C28H29N6+. The van der Waals surface area contributed by atoms with E-state index >= 15 is 0 Å². The maximum Gasteiger partial charge on any atom is 0.264 e. The lowest BCUT2D eigenvalue weighted by Gasteiger charge is -2.29. The Kier molecular flexibility index (Phi) is 5.21. The van der Waals surface area contributed by atoms with Crippen molar-refractivity contribution in [1.29, 1.82) is 0 Å². The Balaban J connectivity index is 1.40. The van der Waals surface area contributed by atoms with Crippen LogP contribution in [-0.2, 0) is 0 Å². The van der Waals surface area contributed by atoms with Crippen LogP contribution in [0.5, 0.6) is 0 Å². The Hall–Kier alpha value is -3.45. The molecule has 3 heterocycles. The third kappa shape index (κ3) is 3.51. The molecular weight excluding hydrogens is 420 g/mol. The number of amidine groups is 1. The number of aliphatic imine (C=N–C) groups is 2. The fraction of sp³-hybridized carbons (Fsp3) is 0.250. The van der Waals surface area contributed by atoms with Gasteiger partial charge in [0.25, 0.3) is 5.84 Å². The molecule has 1 fully saturated rings. The first-order valence-corrected chi connectivity index (χ1v) is 12.0.